The summed E-state index contributed by atoms with van der Waals surface area (Å²) in [5.74, 6) is 0.00261. The standard InChI is InChI=1S/C14H26N4O2/c1-12(17-9-5-15-6-10-17)14(20)16-11-13(19)18-7-3-2-4-8-18/h12,15H,2-11H2,1H3,(H,16,20). The third kappa shape index (κ3) is 4.18. The lowest BCUT2D eigenvalue weighted by Gasteiger charge is -2.32. The van der Waals surface area contributed by atoms with Crippen molar-refractivity contribution in [1.82, 2.24) is 20.4 Å². The van der Waals surface area contributed by atoms with Crippen molar-refractivity contribution >= 4 is 11.8 Å². The van der Waals surface area contributed by atoms with Crippen molar-refractivity contribution in [3.05, 3.63) is 0 Å². The van der Waals surface area contributed by atoms with Gasteiger partial charge in [0, 0.05) is 39.3 Å². The molecule has 20 heavy (non-hydrogen) atoms. The maximum Gasteiger partial charge on any atom is 0.241 e. The average molecular weight is 282 g/mol. The number of piperidine rings is 1. The van der Waals surface area contributed by atoms with Gasteiger partial charge in [-0.1, -0.05) is 0 Å². The zero-order chi connectivity index (χ0) is 14.4. The van der Waals surface area contributed by atoms with E-state index in [0.29, 0.717) is 0 Å². The van der Waals surface area contributed by atoms with Gasteiger partial charge in [0.2, 0.25) is 11.8 Å². The molecule has 2 aliphatic heterocycles. The first-order chi connectivity index (χ1) is 9.68. The first kappa shape index (κ1) is 15.3. The van der Waals surface area contributed by atoms with Crippen LogP contribution in [0.4, 0.5) is 0 Å². The highest BCUT2D eigenvalue weighted by Crippen LogP contribution is 2.08. The van der Waals surface area contributed by atoms with E-state index >= 15 is 0 Å². The van der Waals surface area contributed by atoms with Crippen LogP contribution in [0.15, 0.2) is 0 Å². The van der Waals surface area contributed by atoms with Crippen LogP contribution in [0.1, 0.15) is 26.2 Å². The van der Waals surface area contributed by atoms with Crippen LogP contribution in [0.5, 0.6) is 0 Å². The molecule has 0 aromatic rings. The molecule has 114 valence electrons. The molecule has 0 saturated carbocycles. The van der Waals surface area contributed by atoms with Crippen LogP contribution in [0, 0.1) is 0 Å². The Morgan fingerprint density at radius 2 is 1.75 bits per heavy atom. The molecule has 2 saturated heterocycles. The van der Waals surface area contributed by atoms with E-state index < -0.39 is 0 Å². The minimum absolute atomic E-state index is 0.0442. The van der Waals surface area contributed by atoms with Crippen LogP contribution in [0.25, 0.3) is 0 Å². The summed E-state index contributed by atoms with van der Waals surface area (Å²) >= 11 is 0. The minimum atomic E-state index is -0.161. The molecule has 2 N–H and O–H groups in total. The second-order valence-corrected chi connectivity index (χ2v) is 5.62. The molecular formula is C14H26N4O2. The van der Waals surface area contributed by atoms with Crippen molar-refractivity contribution < 1.29 is 9.59 Å². The molecule has 0 bridgehead atoms. The van der Waals surface area contributed by atoms with Crippen LogP contribution in [0.2, 0.25) is 0 Å². The fourth-order valence-corrected chi connectivity index (χ4v) is 2.80. The third-order valence-corrected chi connectivity index (χ3v) is 4.20. The number of nitrogens with one attached hydrogen (secondary N) is 2. The van der Waals surface area contributed by atoms with Gasteiger partial charge in [-0.15, -0.1) is 0 Å². The lowest BCUT2D eigenvalue weighted by atomic mass is 10.1. The SMILES string of the molecule is CC(C(=O)NCC(=O)N1CCCCC1)N1CCNCC1. The first-order valence-electron chi connectivity index (χ1n) is 7.69. The van der Waals surface area contributed by atoms with Gasteiger partial charge in [0.15, 0.2) is 0 Å². The number of nitrogens with zero attached hydrogens (tertiary/aromatic N) is 2. The molecule has 0 aromatic heterocycles. The maximum absolute atomic E-state index is 12.1. The summed E-state index contributed by atoms with van der Waals surface area (Å²) in [5, 5.41) is 6.05. The zero-order valence-electron chi connectivity index (χ0n) is 12.4. The quantitative estimate of drug-likeness (QED) is 0.723. The van der Waals surface area contributed by atoms with E-state index in [1.165, 1.54) is 6.42 Å². The molecule has 6 heteroatoms. The Labute approximate surface area is 120 Å². The van der Waals surface area contributed by atoms with E-state index in [2.05, 4.69) is 15.5 Å². The van der Waals surface area contributed by atoms with E-state index in [1.54, 1.807) is 0 Å². The number of rotatable bonds is 4. The number of hydrogen-bond acceptors (Lipinski definition) is 4. The molecule has 0 radical (unpaired) electrons. The molecule has 1 unspecified atom stereocenters. The molecule has 0 spiro atoms. The van der Waals surface area contributed by atoms with Gasteiger partial charge in [-0.2, -0.15) is 0 Å². The average Bonchev–Trinajstić information content (AvgIpc) is 2.53. The number of likely N-dealkylation sites (tertiary alicyclic amines) is 1. The van der Waals surface area contributed by atoms with Crippen molar-refractivity contribution in [1.29, 1.82) is 0 Å². The number of carbonyl (C=O) groups excluding carboxylic acids is 2. The molecule has 2 amide bonds. The highest BCUT2D eigenvalue weighted by Gasteiger charge is 2.23. The lowest BCUT2D eigenvalue weighted by molar-refractivity contribution is -0.134. The highest BCUT2D eigenvalue weighted by atomic mass is 16.2. The molecule has 2 aliphatic rings. The van der Waals surface area contributed by atoms with Gasteiger partial charge in [0.1, 0.15) is 0 Å². The smallest absolute Gasteiger partial charge is 0.241 e. The van der Waals surface area contributed by atoms with Crippen LogP contribution in [-0.2, 0) is 9.59 Å². The first-order valence-corrected chi connectivity index (χ1v) is 7.69. The van der Waals surface area contributed by atoms with Crippen molar-refractivity contribution in [3.8, 4) is 0 Å². The Balaban J connectivity index is 1.71. The van der Waals surface area contributed by atoms with Gasteiger partial charge < -0.3 is 15.5 Å². The van der Waals surface area contributed by atoms with Crippen LogP contribution < -0.4 is 10.6 Å². The number of amides is 2. The van der Waals surface area contributed by atoms with Crippen molar-refractivity contribution in [2.24, 2.45) is 0 Å². The number of carbonyl (C=O) groups is 2. The largest absolute Gasteiger partial charge is 0.346 e. The third-order valence-electron chi connectivity index (χ3n) is 4.20. The Morgan fingerprint density at radius 3 is 2.40 bits per heavy atom. The second-order valence-electron chi connectivity index (χ2n) is 5.62. The Bertz CT molecular complexity index is 336. The van der Waals surface area contributed by atoms with Crippen molar-refractivity contribution in [2.75, 3.05) is 45.8 Å². The van der Waals surface area contributed by atoms with E-state index in [4.69, 9.17) is 0 Å². The van der Waals surface area contributed by atoms with Crippen LogP contribution >= 0.6 is 0 Å². The van der Waals surface area contributed by atoms with E-state index in [9.17, 15) is 9.59 Å². The molecule has 1 atom stereocenters. The highest BCUT2D eigenvalue weighted by molar-refractivity contribution is 5.87. The molecule has 0 aromatic carbocycles. The van der Waals surface area contributed by atoms with Crippen molar-refractivity contribution in [2.45, 2.75) is 32.2 Å². The number of hydrogen-bond donors (Lipinski definition) is 2. The van der Waals surface area contributed by atoms with Crippen molar-refractivity contribution in [3.63, 3.8) is 0 Å². The molecular weight excluding hydrogens is 256 g/mol. The zero-order valence-corrected chi connectivity index (χ0v) is 12.4. The maximum atomic E-state index is 12.1. The van der Waals surface area contributed by atoms with Gasteiger partial charge in [0.05, 0.1) is 12.6 Å². The minimum Gasteiger partial charge on any atom is -0.346 e. The Hall–Kier alpha value is -1.14. The predicted octanol–water partition coefficient (Wildman–Crippen LogP) is -0.591. The van der Waals surface area contributed by atoms with Gasteiger partial charge in [-0.05, 0) is 26.2 Å². The Kier molecular flexibility index (Phi) is 5.79. The van der Waals surface area contributed by atoms with Crippen LogP contribution in [-0.4, -0.2) is 73.5 Å². The second kappa shape index (κ2) is 7.59. The lowest BCUT2D eigenvalue weighted by Crippen LogP contribution is -2.53. The molecule has 2 heterocycles. The van der Waals surface area contributed by atoms with Gasteiger partial charge in [-0.25, -0.2) is 0 Å². The van der Waals surface area contributed by atoms with E-state index in [0.717, 1.165) is 52.1 Å². The molecule has 6 nitrogen and oxygen atoms in total. The van der Waals surface area contributed by atoms with Crippen LogP contribution in [0.3, 0.4) is 0 Å². The Morgan fingerprint density at radius 1 is 1.10 bits per heavy atom. The monoisotopic (exact) mass is 282 g/mol. The topological polar surface area (TPSA) is 64.7 Å². The predicted molar refractivity (Wildman–Crippen MR) is 77.3 cm³/mol. The fraction of sp³-hybridized carbons (Fsp3) is 0.857. The summed E-state index contributed by atoms with van der Waals surface area (Å²) in [6.07, 6.45) is 3.36. The number of piperazine rings is 1. The fourth-order valence-electron chi connectivity index (χ4n) is 2.80. The summed E-state index contributed by atoms with van der Waals surface area (Å²) in [6.45, 7) is 7.32. The van der Waals surface area contributed by atoms with Gasteiger partial charge in [0.25, 0.3) is 0 Å². The van der Waals surface area contributed by atoms with E-state index in [-0.39, 0.29) is 24.4 Å². The molecule has 0 aliphatic carbocycles. The summed E-state index contributed by atoms with van der Waals surface area (Å²) in [6, 6.07) is -0.161. The summed E-state index contributed by atoms with van der Waals surface area (Å²) < 4.78 is 0. The van der Waals surface area contributed by atoms with Gasteiger partial charge >= 0.3 is 0 Å². The molecule has 2 rings (SSSR count). The van der Waals surface area contributed by atoms with Gasteiger partial charge in [-0.3, -0.25) is 14.5 Å². The normalized spacial score (nSPS) is 22.4. The van der Waals surface area contributed by atoms with E-state index in [1.807, 2.05) is 11.8 Å². The molecule has 2 fully saturated rings. The summed E-state index contributed by atoms with van der Waals surface area (Å²) in [7, 11) is 0. The summed E-state index contributed by atoms with van der Waals surface area (Å²) in [5.41, 5.74) is 0. The summed E-state index contributed by atoms with van der Waals surface area (Å²) in [4.78, 5) is 28.1.